The number of nitro groups is 1. The summed E-state index contributed by atoms with van der Waals surface area (Å²) in [4.78, 5) is 52.7. The number of esters is 1. The zero-order chi connectivity index (χ0) is 24.0. The van der Waals surface area contributed by atoms with Crippen molar-refractivity contribution in [1.82, 2.24) is 19.7 Å². The Bertz CT molecular complexity index is 1230. The zero-order valence-corrected chi connectivity index (χ0v) is 18.1. The largest absolute Gasteiger partial charge is 0.465 e. The van der Waals surface area contributed by atoms with Crippen molar-refractivity contribution in [2.75, 3.05) is 13.2 Å². The minimum atomic E-state index is -0.943. The number of hydrogen-bond donors (Lipinski definition) is 0. The van der Waals surface area contributed by atoms with E-state index in [-0.39, 0.29) is 41.9 Å². The topological polar surface area (TPSA) is 151 Å². The maximum atomic E-state index is 12.9. The fourth-order valence-electron chi connectivity index (χ4n) is 2.82. The molecular weight excluding hydrogens is 458 g/mol. The molecule has 0 fully saturated rings. The molecule has 0 bridgehead atoms. The highest BCUT2D eigenvalue weighted by Crippen LogP contribution is 2.29. The highest BCUT2D eigenvalue weighted by molar-refractivity contribution is 6.33. The van der Waals surface area contributed by atoms with E-state index in [0.29, 0.717) is 5.69 Å². The molecule has 13 heteroatoms. The lowest BCUT2D eigenvalue weighted by atomic mass is 10.2. The normalized spacial score (nSPS) is 10.6. The number of nitro benzene ring substituents is 1. The third-order valence-electron chi connectivity index (χ3n) is 4.34. The third kappa shape index (κ3) is 6.01. The summed E-state index contributed by atoms with van der Waals surface area (Å²) in [7, 11) is 0. The highest BCUT2D eigenvalue weighted by atomic mass is 35.5. The van der Waals surface area contributed by atoms with Gasteiger partial charge in [-0.3, -0.25) is 24.7 Å². The Labute approximate surface area is 191 Å². The quantitative estimate of drug-likeness (QED) is 0.257. The third-order valence-corrected chi connectivity index (χ3v) is 4.65. The number of aromatic nitrogens is 3. The van der Waals surface area contributed by atoms with Crippen molar-refractivity contribution in [2.45, 2.75) is 20.0 Å². The van der Waals surface area contributed by atoms with Gasteiger partial charge in [-0.25, -0.2) is 4.79 Å². The molecule has 1 amide bonds. The first-order valence-electron chi connectivity index (χ1n) is 9.64. The second-order valence-electron chi connectivity index (χ2n) is 6.63. The van der Waals surface area contributed by atoms with E-state index in [4.69, 9.17) is 20.8 Å². The Hall–Kier alpha value is -4.06. The molecule has 2 heterocycles. The molecule has 172 valence electrons. The van der Waals surface area contributed by atoms with E-state index >= 15 is 0 Å². The highest BCUT2D eigenvalue weighted by Gasteiger charge is 2.23. The van der Waals surface area contributed by atoms with Crippen molar-refractivity contribution in [2.24, 2.45) is 0 Å². The van der Waals surface area contributed by atoms with Gasteiger partial charge in [0.1, 0.15) is 13.1 Å². The van der Waals surface area contributed by atoms with E-state index in [2.05, 4.69) is 10.1 Å². The first-order chi connectivity index (χ1) is 15.8. The summed E-state index contributed by atoms with van der Waals surface area (Å²) in [5.41, 5.74) is 0.424. The molecule has 0 aliphatic rings. The van der Waals surface area contributed by atoms with E-state index < -0.39 is 29.1 Å². The molecule has 3 rings (SSSR count). The maximum Gasteiger partial charge on any atom is 0.437 e. The van der Waals surface area contributed by atoms with Crippen LogP contribution in [0, 0.1) is 10.1 Å². The number of ether oxygens (including phenoxy) is 1. The van der Waals surface area contributed by atoms with Crippen LogP contribution in [0.3, 0.4) is 0 Å². The Balaban J connectivity index is 1.82. The number of carbonyl (C=O) groups excluding carboxylic acids is 2. The van der Waals surface area contributed by atoms with E-state index in [1.807, 2.05) is 0 Å². The molecular formula is C20H18ClN5O7. The van der Waals surface area contributed by atoms with E-state index in [1.54, 1.807) is 31.3 Å². The Morgan fingerprint density at radius 2 is 2.09 bits per heavy atom. The van der Waals surface area contributed by atoms with Gasteiger partial charge < -0.3 is 14.1 Å². The predicted octanol–water partition coefficient (Wildman–Crippen LogP) is 2.05. The average molecular weight is 476 g/mol. The molecule has 2 aromatic heterocycles. The fourth-order valence-corrected chi connectivity index (χ4v) is 3.07. The number of hydrogen-bond acceptors (Lipinski definition) is 9. The molecule has 33 heavy (non-hydrogen) atoms. The molecule has 0 radical (unpaired) electrons. The van der Waals surface area contributed by atoms with Crippen molar-refractivity contribution in [3.63, 3.8) is 0 Å². The lowest BCUT2D eigenvalue weighted by Crippen LogP contribution is -2.39. The Morgan fingerprint density at radius 3 is 2.73 bits per heavy atom. The molecule has 0 saturated heterocycles. The van der Waals surface area contributed by atoms with Crippen LogP contribution in [0.25, 0.3) is 11.5 Å². The van der Waals surface area contributed by atoms with Crippen LogP contribution < -0.4 is 5.76 Å². The van der Waals surface area contributed by atoms with Gasteiger partial charge in [-0.2, -0.15) is 4.68 Å². The van der Waals surface area contributed by atoms with Crippen molar-refractivity contribution in [3.8, 4) is 11.5 Å². The molecule has 0 atom stereocenters. The van der Waals surface area contributed by atoms with Crippen LogP contribution in [-0.4, -0.2) is 49.6 Å². The van der Waals surface area contributed by atoms with Crippen LogP contribution in [-0.2, 0) is 27.4 Å². The molecule has 12 nitrogen and oxygen atoms in total. The Morgan fingerprint density at radius 1 is 1.30 bits per heavy atom. The minimum absolute atomic E-state index is 0.00608. The maximum absolute atomic E-state index is 12.9. The van der Waals surface area contributed by atoms with Crippen LogP contribution in [0.1, 0.15) is 12.6 Å². The number of pyridine rings is 1. The van der Waals surface area contributed by atoms with Crippen molar-refractivity contribution in [1.29, 1.82) is 0 Å². The number of benzene rings is 1. The fraction of sp³-hybridized carbons (Fsp3) is 0.250. The standard InChI is InChI=1S/C20H18ClN5O7/c1-2-32-18(28)12-24(10-13-5-3-4-8-22-13)17(27)11-25-20(29)33-19(23-25)15-7-6-14(26(30)31)9-16(15)21/h3-9H,2,10-12H2,1H3. The van der Waals surface area contributed by atoms with Crippen molar-refractivity contribution < 1.29 is 23.7 Å². The van der Waals surface area contributed by atoms with Crippen LogP contribution >= 0.6 is 11.6 Å². The summed E-state index contributed by atoms with van der Waals surface area (Å²) in [6, 6.07) is 8.68. The monoisotopic (exact) mass is 475 g/mol. The number of non-ortho nitro benzene ring substituents is 1. The number of halogens is 1. The molecule has 1 aromatic carbocycles. The molecule has 0 aliphatic carbocycles. The Kier molecular flexibility index (Phi) is 7.51. The molecule has 0 spiro atoms. The van der Waals surface area contributed by atoms with Gasteiger partial charge >= 0.3 is 11.7 Å². The molecule has 0 saturated carbocycles. The number of nitrogens with zero attached hydrogens (tertiary/aromatic N) is 5. The SMILES string of the molecule is CCOC(=O)CN(Cc1ccccn1)C(=O)Cn1nc(-c2ccc([N+](=O)[O-])cc2Cl)oc1=O. The molecule has 3 aromatic rings. The average Bonchev–Trinajstić information content (AvgIpc) is 3.13. The number of carbonyl (C=O) groups is 2. The number of amides is 1. The van der Waals surface area contributed by atoms with Crippen LogP contribution in [0.15, 0.2) is 51.8 Å². The van der Waals surface area contributed by atoms with Crippen LogP contribution in [0.2, 0.25) is 5.02 Å². The lowest BCUT2D eigenvalue weighted by Gasteiger charge is -2.21. The van der Waals surface area contributed by atoms with E-state index in [1.165, 1.54) is 17.0 Å². The van der Waals surface area contributed by atoms with Gasteiger partial charge in [0.15, 0.2) is 0 Å². The summed E-state index contributed by atoms with van der Waals surface area (Å²) in [5, 5.41) is 14.8. The molecule has 0 aliphatic heterocycles. The van der Waals surface area contributed by atoms with E-state index in [0.717, 1.165) is 10.7 Å². The van der Waals surface area contributed by atoms with Gasteiger partial charge in [0.25, 0.3) is 11.6 Å². The molecule has 0 unspecified atom stereocenters. The second-order valence-corrected chi connectivity index (χ2v) is 7.04. The predicted molar refractivity (Wildman–Crippen MR) is 114 cm³/mol. The van der Waals surface area contributed by atoms with Gasteiger partial charge in [0.2, 0.25) is 5.91 Å². The van der Waals surface area contributed by atoms with Gasteiger partial charge in [0.05, 0.1) is 34.4 Å². The zero-order valence-electron chi connectivity index (χ0n) is 17.3. The minimum Gasteiger partial charge on any atom is -0.465 e. The first-order valence-corrected chi connectivity index (χ1v) is 10.0. The summed E-state index contributed by atoms with van der Waals surface area (Å²) in [5.74, 6) is -2.38. The molecule has 0 N–H and O–H groups in total. The summed E-state index contributed by atoms with van der Waals surface area (Å²) < 4.78 is 10.8. The van der Waals surface area contributed by atoms with Crippen molar-refractivity contribution >= 4 is 29.2 Å². The van der Waals surface area contributed by atoms with Gasteiger partial charge in [-0.15, -0.1) is 5.10 Å². The first kappa shape index (κ1) is 23.6. The summed E-state index contributed by atoms with van der Waals surface area (Å²) in [6.07, 6.45) is 1.55. The van der Waals surface area contributed by atoms with Gasteiger partial charge in [-0.05, 0) is 25.1 Å². The van der Waals surface area contributed by atoms with Gasteiger partial charge in [0, 0.05) is 18.3 Å². The van der Waals surface area contributed by atoms with E-state index in [9.17, 15) is 24.5 Å². The van der Waals surface area contributed by atoms with Crippen LogP contribution in [0.5, 0.6) is 0 Å². The van der Waals surface area contributed by atoms with Gasteiger partial charge in [-0.1, -0.05) is 17.7 Å². The summed E-state index contributed by atoms with van der Waals surface area (Å²) >= 11 is 6.05. The second kappa shape index (κ2) is 10.5. The smallest absolute Gasteiger partial charge is 0.437 e. The summed E-state index contributed by atoms with van der Waals surface area (Å²) in [6.45, 7) is 0.914. The lowest BCUT2D eigenvalue weighted by molar-refractivity contribution is -0.384. The van der Waals surface area contributed by atoms with Crippen molar-refractivity contribution in [3.05, 3.63) is 74.0 Å². The number of rotatable bonds is 9. The van der Waals surface area contributed by atoms with Crippen LogP contribution in [0.4, 0.5) is 5.69 Å².